The highest BCUT2D eigenvalue weighted by Gasteiger charge is 2.00. The molecule has 0 fully saturated rings. The van der Waals surface area contributed by atoms with E-state index in [1.54, 1.807) is 6.08 Å². The highest BCUT2D eigenvalue weighted by molar-refractivity contribution is 5.64. The number of nitrogens with two attached hydrogens (primary N) is 1. The van der Waals surface area contributed by atoms with E-state index in [9.17, 15) is 4.79 Å². The Labute approximate surface area is 60.9 Å². The van der Waals surface area contributed by atoms with Crippen LogP contribution in [0.5, 0.6) is 0 Å². The molecule has 1 amide bonds. The molecule has 0 saturated carbocycles. The van der Waals surface area contributed by atoms with Crippen LogP contribution >= 0.6 is 0 Å². The fraction of sp³-hybridized carbons (Fsp3) is 0.571. The van der Waals surface area contributed by atoms with Crippen molar-refractivity contribution >= 4 is 6.09 Å². The number of amides is 1. The van der Waals surface area contributed by atoms with Crippen molar-refractivity contribution in [1.29, 1.82) is 0 Å². The summed E-state index contributed by atoms with van der Waals surface area (Å²) < 4.78 is 4.55. The summed E-state index contributed by atoms with van der Waals surface area (Å²) in [5, 5.41) is 0. The number of hydrogen-bond donors (Lipinski definition) is 1. The molecule has 0 spiro atoms. The molecular weight excluding hydrogens is 130 g/mol. The van der Waals surface area contributed by atoms with E-state index in [1.807, 2.05) is 6.92 Å². The monoisotopic (exact) mass is 143 g/mol. The van der Waals surface area contributed by atoms with Crippen molar-refractivity contribution in [2.24, 2.45) is 11.7 Å². The zero-order chi connectivity index (χ0) is 7.98. The van der Waals surface area contributed by atoms with Crippen molar-refractivity contribution in [3.63, 3.8) is 0 Å². The number of ether oxygens (including phenoxy) is 1. The summed E-state index contributed by atoms with van der Waals surface area (Å²) in [6.45, 7) is 5.90. The van der Waals surface area contributed by atoms with Gasteiger partial charge in [0.1, 0.15) is 0 Å². The number of carbonyl (C=O) groups excluding carboxylic acids is 1. The second kappa shape index (κ2) is 4.85. The maximum atomic E-state index is 10.1. The lowest BCUT2D eigenvalue weighted by Gasteiger charge is -2.06. The van der Waals surface area contributed by atoms with Crippen LogP contribution in [0.4, 0.5) is 4.79 Å². The van der Waals surface area contributed by atoms with Gasteiger partial charge < -0.3 is 10.5 Å². The Bertz CT molecular complexity index is 123. The maximum Gasteiger partial charge on any atom is 0.404 e. The zero-order valence-corrected chi connectivity index (χ0v) is 6.17. The standard InChI is InChI=1S/C7H13NO2/c1-3-4-6(2)5-10-7(8)9/h3,6H,1,4-5H2,2H3,(H2,8,9). The van der Waals surface area contributed by atoms with Crippen molar-refractivity contribution in [1.82, 2.24) is 0 Å². The molecule has 3 heteroatoms. The van der Waals surface area contributed by atoms with Gasteiger partial charge in [0.05, 0.1) is 6.61 Å². The smallest absolute Gasteiger partial charge is 0.404 e. The quantitative estimate of drug-likeness (QED) is 0.603. The highest BCUT2D eigenvalue weighted by atomic mass is 16.5. The molecule has 2 N–H and O–H groups in total. The van der Waals surface area contributed by atoms with Crippen LogP contribution < -0.4 is 5.73 Å². The Hall–Kier alpha value is -0.990. The summed E-state index contributed by atoms with van der Waals surface area (Å²) in [4.78, 5) is 10.1. The largest absolute Gasteiger partial charge is 0.449 e. The van der Waals surface area contributed by atoms with Crippen molar-refractivity contribution < 1.29 is 9.53 Å². The van der Waals surface area contributed by atoms with Crippen molar-refractivity contribution in [2.45, 2.75) is 13.3 Å². The van der Waals surface area contributed by atoms with Gasteiger partial charge in [-0.1, -0.05) is 13.0 Å². The average Bonchev–Trinajstić information content (AvgIpc) is 1.85. The van der Waals surface area contributed by atoms with Crippen LogP contribution in [-0.4, -0.2) is 12.7 Å². The predicted octanol–water partition coefficient (Wildman–Crippen LogP) is 1.29. The minimum absolute atomic E-state index is 0.310. The number of hydrogen-bond acceptors (Lipinski definition) is 2. The van der Waals surface area contributed by atoms with E-state index >= 15 is 0 Å². The summed E-state index contributed by atoms with van der Waals surface area (Å²) in [5.41, 5.74) is 4.75. The first-order valence-corrected chi connectivity index (χ1v) is 3.20. The third-order valence-corrected chi connectivity index (χ3v) is 1.08. The zero-order valence-electron chi connectivity index (χ0n) is 6.17. The molecule has 1 unspecified atom stereocenters. The van der Waals surface area contributed by atoms with Gasteiger partial charge in [-0.3, -0.25) is 0 Å². The molecule has 0 aromatic carbocycles. The molecule has 0 aliphatic rings. The van der Waals surface area contributed by atoms with Crippen LogP contribution in [-0.2, 0) is 4.74 Å². The van der Waals surface area contributed by atoms with Gasteiger partial charge in [-0.2, -0.15) is 0 Å². The average molecular weight is 143 g/mol. The van der Waals surface area contributed by atoms with E-state index in [2.05, 4.69) is 11.3 Å². The number of allylic oxidation sites excluding steroid dienone is 1. The fourth-order valence-electron chi connectivity index (χ4n) is 0.577. The van der Waals surface area contributed by atoms with Gasteiger partial charge in [0.2, 0.25) is 0 Å². The van der Waals surface area contributed by atoms with E-state index in [0.717, 1.165) is 6.42 Å². The SMILES string of the molecule is C=CCC(C)COC(N)=O. The second-order valence-electron chi connectivity index (χ2n) is 2.26. The van der Waals surface area contributed by atoms with Crippen LogP contribution in [0.3, 0.4) is 0 Å². The molecule has 3 nitrogen and oxygen atoms in total. The first-order valence-electron chi connectivity index (χ1n) is 3.20. The molecule has 0 heterocycles. The van der Waals surface area contributed by atoms with E-state index in [-0.39, 0.29) is 0 Å². The first-order chi connectivity index (χ1) is 4.66. The number of primary amides is 1. The summed E-state index contributed by atoms with van der Waals surface area (Å²) in [6.07, 6.45) is 1.92. The molecule has 10 heavy (non-hydrogen) atoms. The van der Waals surface area contributed by atoms with Crippen LogP contribution in [0, 0.1) is 5.92 Å². The van der Waals surface area contributed by atoms with Crippen molar-refractivity contribution in [2.75, 3.05) is 6.61 Å². The number of rotatable bonds is 4. The molecule has 0 bridgehead atoms. The molecule has 0 aromatic rings. The van der Waals surface area contributed by atoms with Gasteiger partial charge in [-0.15, -0.1) is 6.58 Å². The van der Waals surface area contributed by atoms with Crippen LogP contribution in [0.2, 0.25) is 0 Å². The number of carbonyl (C=O) groups is 1. The summed E-state index contributed by atoms with van der Waals surface area (Å²) in [7, 11) is 0. The molecule has 1 atom stereocenters. The normalized spacial score (nSPS) is 12.1. The second-order valence-corrected chi connectivity index (χ2v) is 2.26. The summed E-state index contributed by atoms with van der Waals surface area (Å²) in [5.74, 6) is 0.310. The Kier molecular flexibility index (Phi) is 4.37. The van der Waals surface area contributed by atoms with Crippen LogP contribution in [0.15, 0.2) is 12.7 Å². The predicted molar refractivity (Wildman–Crippen MR) is 39.5 cm³/mol. The highest BCUT2D eigenvalue weighted by Crippen LogP contribution is 2.01. The van der Waals surface area contributed by atoms with E-state index < -0.39 is 6.09 Å². The molecule has 58 valence electrons. The Morgan fingerprint density at radius 1 is 1.90 bits per heavy atom. The fourth-order valence-corrected chi connectivity index (χ4v) is 0.577. The molecule has 0 saturated heterocycles. The lowest BCUT2D eigenvalue weighted by molar-refractivity contribution is 0.140. The molecule has 0 aliphatic heterocycles. The van der Waals surface area contributed by atoms with Gasteiger partial charge in [0.25, 0.3) is 0 Å². The van der Waals surface area contributed by atoms with Crippen LogP contribution in [0.1, 0.15) is 13.3 Å². The Morgan fingerprint density at radius 3 is 2.90 bits per heavy atom. The minimum atomic E-state index is -0.712. The first kappa shape index (κ1) is 9.01. The van der Waals surface area contributed by atoms with E-state index in [1.165, 1.54) is 0 Å². The molecule has 0 radical (unpaired) electrons. The van der Waals surface area contributed by atoms with Crippen LogP contribution in [0.25, 0.3) is 0 Å². The summed E-state index contributed by atoms with van der Waals surface area (Å²) in [6, 6.07) is 0. The van der Waals surface area contributed by atoms with Gasteiger partial charge in [0, 0.05) is 0 Å². The minimum Gasteiger partial charge on any atom is -0.449 e. The van der Waals surface area contributed by atoms with E-state index in [4.69, 9.17) is 5.73 Å². The van der Waals surface area contributed by atoms with E-state index in [0.29, 0.717) is 12.5 Å². The van der Waals surface area contributed by atoms with Gasteiger partial charge in [-0.25, -0.2) is 4.79 Å². The Balaban J connectivity index is 3.29. The Morgan fingerprint density at radius 2 is 2.50 bits per heavy atom. The topological polar surface area (TPSA) is 52.3 Å². The van der Waals surface area contributed by atoms with Crippen molar-refractivity contribution in [3.8, 4) is 0 Å². The lowest BCUT2D eigenvalue weighted by Crippen LogP contribution is -2.17. The molecule has 0 aliphatic carbocycles. The lowest BCUT2D eigenvalue weighted by atomic mass is 10.1. The van der Waals surface area contributed by atoms with Gasteiger partial charge >= 0.3 is 6.09 Å². The third kappa shape index (κ3) is 5.15. The van der Waals surface area contributed by atoms with Gasteiger partial charge in [-0.05, 0) is 12.3 Å². The third-order valence-electron chi connectivity index (χ3n) is 1.08. The molecule has 0 aromatic heterocycles. The van der Waals surface area contributed by atoms with Gasteiger partial charge in [0.15, 0.2) is 0 Å². The molecular formula is C7H13NO2. The molecule has 0 rings (SSSR count). The maximum absolute atomic E-state index is 10.1. The van der Waals surface area contributed by atoms with Crippen molar-refractivity contribution in [3.05, 3.63) is 12.7 Å². The summed E-state index contributed by atoms with van der Waals surface area (Å²) >= 11 is 0.